The summed E-state index contributed by atoms with van der Waals surface area (Å²) in [5, 5.41) is 0. The molecule has 0 amide bonds. The zero-order chi connectivity index (χ0) is 9.61. The summed E-state index contributed by atoms with van der Waals surface area (Å²) in [5.41, 5.74) is 0. The Labute approximate surface area is 85.3 Å². The molecular formula is C7H12Cl2O2Si. The van der Waals surface area contributed by atoms with Crippen LogP contribution in [-0.4, -0.2) is 26.8 Å². The molecule has 70 valence electrons. The van der Waals surface area contributed by atoms with E-state index in [1.54, 1.807) is 0 Å². The van der Waals surface area contributed by atoms with Gasteiger partial charge in [-0.05, 0) is 12.8 Å². The Hall–Kier alpha value is 0.00688. The summed E-state index contributed by atoms with van der Waals surface area (Å²) >= 11 is 11.5. The molecule has 0 spiro atoms. The number of ether oxygens (including phenoxy) is 1. The second kappa shape index (κ2) is 5.62. The van der Waals surface area contributed by atoms with Gasteiger partial charge in [0.1, 0.15) is 0 Å². The normalized spacial score (nSPS) is 11.2. The highest BCUT2D eigenvalue weighted by Gasteiger charge is 2.15. The summed E-state index contributed by atoms with van der Waals surface area (Å²) in [4.78, 5) is 10.5. The molecule has 0 fully saturated rings. The minimum atomic E-state index is -0.597. The van der Waals surface area contributed by atoms with Crippen LogP contribution in [0.5, 0.6) is 0 Å². The third-order valence-electron chi connectivity index (χ3n) is 1.17. The van der Waals surface area contributed by atoms with Crippen LogP contribution in [0.15, 0.2) is 12.7 Å². The highest BCUT2D eigenvalue weighted by atomic mass is 35.5. The van der Waals surface area contributed by atoms with E-state index in [0.29, 0.717) is 29.7 Å². The lowest BCUT2D eigenvalue weighted by molar-refractivity contribution is -0.137. The lowest BCUT2D eigenvalue weighted by Gasteiger charge is -2.11. The number of alkyl halides is 2. The Morgan fingerprint density at radius 2 is 2.25 bits per heavy atom. The third kappa shape index (κ3) is 8.11. The zero-order valence-corrected chi connectivity index (χ0v) is 10.5. The van der Waals surface area contributed by atoms with E-state index in [0.717, 1.165) is 6.08 Å². The van der Waals surface area contributed by atoms with Crippen LogP contribution in [-0.2, 0) is 9.53 Å². The van der Waals surface area contributed by atoms with Crippen LogP contribution in [0, 0.1) is 0 Å². The molecule has 0 aromatic rings. The molecule has 12 heavy (non-hydrogen) atoms. The number of hydrogen-bond donors (Lipinski definition) is 0. The second-order valence-electron chi connectivity index (χ2n) is 2.55. The van der Waals surface area contributed by atoms with Crippen LogP contribution in [0.25, 0.3) is 0 Å². The van der Waals surface area contributed by atoms with Gasteiger partial charge < -0.3 is 4.74 Å². The van der Waals surface area contributed by atoms with E-state index in [4.69, 9.17) is 27.9 Å². The van der Waals surface area contributed by atoms with E-state index in [1.165, 1.54) is 0 Å². The first-order valence-electron chi connectivity index (χ1n) is 3.63. The Bertz CT molecular complexity index is 165. The Morgan fingerprint density at radius 3 is 2.67 bits per heavy atom. The zero-order valence-electron chi connectivity index (χ0n) is 6.98. The lowest BCUT2D eigenvalue weighted by atomic mass is 10.3. The van der Waals surface area contributed by atoms with Gasteiger partial charge in [-0.2, -0.15) is 0 Å². The van der Waals surface area contributed by atoms with E-state index in [9.17, 15) is 4.79 Å². The number of carbonyl (C=O) groups is 1. The SMILES string of the molecule is C=CC(=O)OCCCC([SiH3])(Cl)Cl. The second-order valence-corrected chi connectivity index (χ2v) is 7.38. The fourth-order valence-corrected chi connectivity index (χ4v) is 1.24. The van der Waals surface area contributed by atoms with E-state index in [1.807, 2.05) is 0 Å². The molecule has 0 aliphatic carbocycles. The van der Waals surface area contributed by atoms with Crippen LogP contribution < -0.4 is 0 Å². The highest BCUT2D eigenvalue weighted by Crippen LogP contribution is 2.21. The summed E-state index contributed by atoms with van der Waals surface area (Å²) in [6.45, 7) is 3.62. The van der Waals surface area contributed by atoms with Crippen molar-refractivity contribution in [1.82, 2.24) is 0 Å². The summed E-state index contributed by atoms with van der Waals surface area (Å²) in [6.07, 6.45) is 2.48. The maximum absolute atomic E-state index is 10.5. The van der Waals surface area contributed by atoms with E-state index in [-0.39, 0.29) is 0 Å². The fraction of sp³-hybridized carbons (Fsp3) is 0.571. The minimum Gasteiger partial charge on any atom is -0.463 e. The Morgan fingerprint density at radius 1 is 1.67 bits per heavy atom. The molecule has 0 atom stereocenters. The van der Waals surface area contributed by atoms with Crippen LogP contribution >= 0.6 is 23.2 Å². The summed E-state index contributed by atoms with van der Waals surface area (Å²) < 4.78 is 4.13. The van der Waals surface area contributed by atoms with Gasteiger partial charge in [0.25, 0.3) is 0 Å². The van der Waals surface area contributed by atoms with E-state index >= 15 is 0 Å². The van der Waals surface area contributed by atoms with Gasteiger partial charge in [0.15, 0.2) is 0 Å². The average Bonchev–Trinajstić information content (AvgIpc) is 1.96. The van der Waals surface area contributed by atoms with Gasteiger partial charge in [-0.25, -0.2) is 4.79 Å². The third-order valence-corrected chi connectivity index (χ3v) is 2.05. The molecule has 0 radical (unpaired) electrons. The molecule has 0 heterocycles. The van der Waals surface area contributed by atoms with Crippen LogP contribution in [0.4, 0.5) is 0 Å². The predicted octanol–water partition coefficient (Wildman–Crippen LogP) is 0.993. The molecule has 5 heteroatoms. The highest BCUT2D eigenvalue weighted by molar-refractivity contribution is 6.65. The number of carbonyl (C=O) groups excluding carboxylic acids is 1. The van der Waals surface area contributed by atoms with Gasteiger partial charge in [0.2, 0.25) is 0 Å². The Kier molecular flexibility index (Phi) is 5.62. The summed E-state index contributed by atoms with van der Waals surface area (Å²) in [6, 6.07) is 0. The maximum Gasteiger partial charge on any atom is 0.330 e. The molecular weight excluding hydrogens is 215 g/mol. The standard InChI is InChI=1S/C7H12Cl2O2Si/c1-2-6(10)11-5-3-4-7(8,9)12/h2H,1,3-5H2,12H3. The van der Waals surface area contributed by atoms with Crippen molar-refractivity contribution in [3.8, 4) is 0 Å². The van der Waals surface area contributed by atoms with Gasteiger partial charge in [0.05, 0.1) is 10.6 Å². The van der Waals surface area contributed by atoms with Gasteiger partial charge in [-0.1, -0.05) is 6.58 Å². The molecule has 0 saturated carbocycles. The summed E-state index contributed by atoms with van der Waals surface area (Å²) in [7, 11) is 0.712. The number of rotatable bonds is 5. The average molecular weight is 227 g/mol. The minimum absolute atomic E-state index is 0.355. The molecule has 0 aromatic heterocycles. The lowest BCUT2D eigenvalue weighted by Crippen LogP contribution is -2.13. The molecule has 0 aliphatic rings. The van der Waals surface area contributed by atoms with Crippen LogP contribution in [0.1, 0.15) is 12.8 Å². The van der Waals surface area contributed by atoms with Crippen molar-refractivity contribution in [2.24, 2.45) is 0 Å². The van der Waals surface area contributed by atoms with Gasteiger partial charge in [-0.3, -0.25) is 0 Å². The Balaban J connectivity index is 3.34. The van der Waals surface area contributed by atoms with Crippen molar-refractivity contribution >= 4 is 39.4 Å². The first kappa shape index (κ1) is 12.0. The monoisotopic (exact) mass is 226 g/mol. The van der Waals surface area contributed by atoms with E-state index < -0.39 is 9.93 Å². The largest absolute Gasteiger partial charge is 0.463 e. The van der Waals surface area contributed by atoms with Gasteiger partial charge in [0, 0.05) is 16.3 Å². The van der Waals surface area contributed by atoms with Gasteiger partial charge in [-0.15, -0.1) is 23.2 Å². The smallest absolute Gasteiger partial charge is 0.330 e. The molecule has 2 nitrogen and oxygen atoms in total. The van der Waals surface area contributed by atoms with Crippen molar-refractivity contribution in [2.75, 3.05) is 6.61 Å². The first-order valence-corrected chi connectivity index (χ1v) is 5.38. The quantitative estimate of drug-likeness (QED) is 0.230. The summed E-state index contributed by atoms with van der Waals surface area (Å²) in [5.74, 6) is -0.405. The molecule has 0 unspecified atom stereocenters. The van der Waals surface area contributed by atoms with Crippen molar-refractivity contribution in [3.05, 3.63) is 12.7 Å². The number of hydrogen-bond acceptors (Lipinski definition) is 2. The fourth-order valence-electron chi connectivity index (χ4n) is 0.614. The molecule has 0 aliphatic heterocycles. The van der Waals surface area contributed by atoms with Crippen LogP contribution in [0.2, 0.25) is 0 Å². The molecule has 0 aromatic carbocycles. The van der Waals surface area contributed by atoms with Crippen molar-refractivity contribution in [2.45, 2.75) is 16.8 Å². The molecule has 0 N–H and O–H groups in total. The van der Waals surface area contributed by atoms with Crippen molar-refractivity contribution < 1.29 is 9.53 Å². The van der Waals surface area contributed by atoms with Crippen LogP contribution in [0.3, 0.4) is 0 Å². The molecule has 0 rings (SSSR count). The van der Waals surface area contributed by atoms with E-state index in [2.05, 4.69) is 6.58 Å². The topological polar surface area (TPSA) is 26.3 Å². The predicted molar refractivity (Wildman–Crippen MR) is 54.8 cm³/mol. The van der Waals surface area contributed by atoms with Crippen molar-refractivity contribution in [3.63, 3.8) is 0 Å². The molecule has 0 bridgehead atoms. The number of halogens is 2. The maximum atomic E-state index is 10.5. The van der Waals surface area contributed by atoms with Gasteiger partial charge >= 0.3 is 5.97 Å². The molecule has 0 saturated heterocycles. The first-order chi connectivity index (χ1) is 5.45. The number of esters is 1. The van der Waals surface area contributed by atoms with Crippen molar-refractivity contribution in [1.29, 1.82) is 0 Å².